The molecule has 3 aromatic rings. The van der Waals surface area contributed by atoms with Gasteiger partial charge in [-0.15, -0.1) is 0 Å². The zero-order valence-electron chi connectivity index (χ0n) is 11.5. The number of non-ortho nitro benzene ring substituents is 1. The first-order valence-electron chi connectivity index (χ1n) is 6.45. The highest BCUT2D eigenvalue weighted by atomic mass is 16.6. The van der Waals surface area contributed by atoms with Crippen LogP contribution < -0.4 is 0 Å². The molecule has 2 aromatic carbocycles. The Balaban J connectivity index is 2.28. The zero-order chi connectivity index (χ0) is 15.9. The van der Waals surface area contributed by atoms with Gasteiger partial charge in [0.25, 0.3) is 5.69 Å². The second-order valence-electron chi connectivity index (χ2n) is 4.86. The molecular formula is C15H11N3O4. The van der Waals surface area contributed by atoms with Gasteiger partial charge < -0.3 is 5.11 Å². The number of benzene rings is 2. The molecule has 1 heterocycles. The third-order valence-electron chi connectivity index (χ3n) is 3.52. The van der Waals surface area contributed by atoms with Crippen LogP contribution >= 0.6 is 0 Å². The molecular weight excluding hydrogens is 286 g/mol. The number of nitrogens with zero attached hydrogens (tertiary/aromatic N) is 2. The number of nitrogens with one attached hydrogen (secondary N) is 1. The zero-order valence-corrected chi connectivity index (χ0v) is 11.5. The van der Waals surface area contributed by atoms with E-state index >= 15 is 0 Å². The van der Waals surface area contributed by atoms with Crippen LogP contribution in [0.1, 0.15) is 15.9 Å². The fourth-order valence-corrected chi connectivity index (χ4v) is 2.40. The van der Waals surface area contributed by atoms with Crippen molar-refractivity contribution in [1.82, 2.24) is 10.2 Å². The first-order valence-corrected chi connectivity index (χ1v) is 6.45. The van der Waals surface area contributed by atoms with E-state index in [1.807, 2.05) is 6.92 Å². The number of carbonyl (C=O) groups is 1. The molecule has 0 saturated heterocycles. The minimum atomic E-state index is -1.06. The molecule has 7 nitrogen and oxygen atoms in total. The summed E-state index contributed by atoms with van der Waals surface area (Å²) in [6.07, 6.45) is 0. The lowest BCUT2D eigenvalue weighted by atomic mass is 10.0. The van der Waals surface area contributed by atoms with Crippen molar-refractivity contribution in [2.24, 2.45) is 0 Å². The minimum absolute atomic E-state index is 0.0360. The maximum atomic E-state index is 11.2. The number of nitro groups is 1. The maximum absolute atomic E-state index is 11.2. The fourth-order valence-electron chi connectivity index (χ4n) is 2.40. The van der Waals surface area contributed by atoms with Gasteiger partial charge in [0.05, 0.1) is 16.0 Å². The lowest BCUT2D eigenvalue weighted by Crippen LogP contribution is -1.96. The van der Waals surface area contributed by atoms with Crippen molar-refractivity contribution in [1.29, 1.82) is 0 Å². The molecule has 1 aromatic heterocycles. The molecule has 7 heteroatoms. The van der Waals surface area contributed by atoms with E-state index in [-0.39, 0.29) is 11.3 Å². The lowest BCUT2D eigenvalue weighted by molar-refractivity contribution is -0.384. The molecule has 0 radical (unpaired) electrons. The lowest BCUT2D eigenvalue weighted by Gasteiger charge is -2.03. The van der Waals surface area contributed by atoms with Gasteiger partial charge in [-0.3, -0.25) is 15.2 Å². The van der Waals surface area contributed by atoms with E-state index in [4.69, 9.17) is 0 Å². The number of carboxylic acids is 1. The van der Waals surface area contributed by atoms with Crippen LogP contribution in [0.3, 0.4) is 0 Å². The molecule has 0 aliphatic heterocycles. The van der Waals surface area contributed by atoms with Gasteiger partial charge >= 0.3 is 5.97 Å². The summed E-state index contributed by atoms with van der Waals surface area (Å²) in [7, 11) is 0. The van der Waals surface area contributed by atoms with Crippen LogP contribution in [0.15, 0.2) is 36.4 Å². The van der Waals surface area contributed by atoms with Gasteiger partial charge in [-0.05, 0) is 18.6 Å². The second-order valence-corrected chi connectivity index (χ2v) is 4.86. The SMILES string of the molecule is Cc1ccc([N+](=O)[O-])cc1-c1n[nH]c2c(C(=O)O)cccc12. The first kappa shape index (κ1) is 13.7. The summed E-state index contributed by atoms with van der Waals surface area (Å²) in [6.45, 7) is 1.82. The second kappa shape index (κ2) is 4.96. The number of rotatable bonds is 3. The number of carboxylic acid groups (broad SMARTS) is 1. The van der Waals surface area contributed by atoms with E-state index in [1.165, 1.54) is 18.2 Å². The summed E-state index contributed by atoms with van der Waals surface area (Å²) in [4.78, 5) is 21.7. The predicted molar refractivity (Wildman–Crippen MR) is 79.9 cm³/mol. The number of fused-ring (bicyclic) bond motifs is 1. The van der Waals surface area contributed by atoms with E-state index in [2.05, 4.69) is 10.2 Å². The Hall–Kier alpha value is -3.22. The number of nitro benzene ring substituents is 1. The van der Waals surface area contributed by atoms with Crippen LogP contribution in [-0.4, -0.2) is 26.2 Å². The van der Waals surface area contributed by atoms with Gasteiger partial charge in [0.15, 0.2) is 0 Å². The third kappa shape index (κ3) is 2.08. The number of hydrogen-bond donors (Lipinski definition) is 2. The molecule has 0 atom stereocenters. The molecule has 0 spiro atoms. The van der Waals surface area contributed by atoms with Crippen molar-refractivity contribution < 1.29 is 14.8 Å². The van der Waals surface area contributed by atoms with Crippen LogP contribution in [0.5, 0.6) is 0 Å². The van der Waals surface area contributed by atoms with E-state index in [1.54, 1.807) is 18.2 Å². The van der Waals surface area contributed by atoms with Crippen molar-refractivity contribution in [3.63, 3.8) is 0 Å². The van der Waals surface area contributed by atoms with Crippen molar-refractivity contribution in [2.75, 3.05) is 0 Å². The summed E-state index contributed by atoms with van der Waals surface area (Å²) in [5.74, 6) is -1.06. The maximum Gasteiger partial charge on any atom is 0.337 e. The Labute approximate surface area is 124 Å². The molecule has 0 unspecified atom stereocenters. The Morgan fingerprint density at radius 2 is 2.09 bits per heavy atom. The normalized spacial score (nSPS) is 10.8. The number of hydrogen-bond acceptors (Lipinski definition) is 4. The van der Waals surface area contributed by atoms with Gasteiger partial charge in [0, 0.05) is 23.1 Å². The molecule has 0 aliphatic carbocycles. The molecule has 0 saturated carbocycles. The predicted octanol–water partition coefficient (Wildman–Crippen LogP) is 3.14. The number of aromatic carboxylic acids is 1. The topological polar surface area (TPSA) is 109 Å². The molecule has 3 rings (SSSR count). The van der Waals surface area contributed by atoms with Crippen LogP contribution in [0, 0.1) is 17.0 Å². The standard InChI is InChI=1S/C15H11N3O4/c1-8-5-6-9(18(21)22)7-12(8)14-10-3-2-4-11(15(19)20)13(10)16-17-14/h2-7H,1H3,(H,16,17)(H,19,20). The van der Waals surface area contributed by atoms with Gasteiger partial charge in [0.1, 0.15) is 5.69 Å². The highest BCUT2D eigenvalue weighted by Crippen LogP contribution is 2.32. The molecule has 0 amide bonds. The van der Waals surface area contributed by atoms with Crippen molar-refractivity contribution in [3.05, 3.63) is 57.6 Å². The smallest absolute Gasteiger partial charge is 0.337 e. The van der Waals surface area contributed by atoms with Crippen molar-refractivity contribution in [3.8, 4) is 11.3 Å². The van der Waals surface area contributed by atoms with Gasteiger partial charge in [-0.2, -0.15) is 5.10 Å². The van der Waals surface area contributed by atoms with Crippen molar-refractivity contribution >= 4 is 22.6 Å². The number of aromatic amines is 1. The molecule has 2 N–H and O–H groups in total. The van der Waals surface area contributed by atoms with E-state index < -0.39 is 10.9 Å². The fraction of sp³-hybridized carbons (Fsp3) is 0.0667. The van der Waals surface area contributed by atoms with Crippen LogP contribution in [0.25, 0.3) is 22.2 Å². The Bertz CT molecular complexity index is 914. The molecule has 110 valence electrons. The summed E-state index contributed by atoms with van der Waals surface area (Å²) < 4.78 is 0. The van der Waals surface area contributed by atoms with Gasteiger partial charge in [0.2, 0.25) is 0 Å². The summed E-state index contributed by atoms with van der Waals surface area (Å²) >= 11 is 0. The minimum Gasteiger partial charge on any atom is -0.478 e. The molecule has 0 bridgehead atoms. The number of aromatic nitrogens is 2. The quantitative estimate of drug-likeness (QED) is 0.570. The number of para-hydroxylation sites is 1. The summed E-state index contributed by atoms with van der Waals surface area (Å²) in [5, 5.41) is 27.6. The Morgan fingerprint density at radius 3 is 2.77 bits per heavy atom. The summed E-state index contributed by atoms with van der Waals surface area (Å²) in [5.41, 5.74) is 2.39. The largest absolute Gasteiger partial charge is 0.478 e. The third-order valence-corrected chi connectivity index (χ3v) is 3.52. The molecule has 22 heavy (non-hydrogen) atoms. The average molecular weight is 297 g/mol. The number of aryl methyl sites for hydroxylation is 1. The first-order chi connectivity index (χ1) is 10.5. The van der Waals surface area contributed by atoms with E-state index in [0.29, 0.717) is 22.2 Å². The van der Waals surface area contributed by atoms with Crippen LogP contribution in [-0.2, 0) is 0 Å². The highest BCUT2D eigenvalue weighted by molar-refractivity contribution is 6.06. The van der Waals surface area contributed by atoms with Gasteiger partial charge in [-0.1, -0.05) is 18.2 Å². The summed E-state index contributed by atoms with van der Waals surface area (Å²) in [6, 6.07) is 9.35. The highest BCUT2D eigenvalue weighted by Gasteiger charge is 2.17. The van der Waals surface area contributed by atoms with Crippen molar-refractivity contribution in [2.45, 2.75) is 6.92 Å². The monoisotopic (exact) mass is 297 g/mol. The molecule has 0 aliphatic rings. The van der Waals surface area contributed by atoms with Gasteiger partial charge in [-0.25, -0.2) is 4.79 Å². The molecule has 0 fully saturated rings. The van der Waals surface area contributed by atoms with E-state index in [0.717, 1.165) is 5.56 Å². The number of H-pyrrole nitrogens is 1. The average Bonchev–Trinajstić information content (AvgIpc) is 2.91. The Morgan fingerprint density at radius 1 is 1.32 bits per heavy atom. The van der Waals surface area contributed by atoms with E-state index in [9.17, 15) is 20.0 Å². The van der Waals surface area contributed by atoms with Crippen LogP contribution in [0.2, 0.25) is 0 Å². The Kier molecular flexibility index (Phi) is 3.10. The van der Waals surface area contributed by atoms with Crippen LogP contribution in [0.4, 0.5) is 5.69 Å².